The lowest BCUT2D eigenvalue weighted by molar-refractivity contribution is -0.124. The molecule has 0 saturated carbocycles. The van der Waals surface area contributed by atoms with E-state index in [0.717, 1.165) is 38.5 Å². The second-order valence-corrected chi connectivity index (χ2v) is 5.05. The number of hydrogen-bond acceptors (Lipinski definition) is 3. The Balaban J connectivity index is 1.73. The van der Waals surface area contributed by atoms with Gasteiger partial charge in [0.25, 0.3) is 0 Å². The fourth-order valence-electron chi connectivity index (χ4n) is 2.85. The van der Waals surface area contributed by atoms with Crippen LogP contribution in [0.1, 0.15) is 19.3 Å². The molecule has 0 spiro atoms. The van der Waals surface area contributed by atoms with E-state index in [1.807, 2.05) is 0 Å². The van der Waals surface area contributed by atoms with Crippen molar-refractivity contribution in [1.82, 2.24) is 15.5 Å². The Morgan fingerprint density at radius 1 is 1.38 bits per heavy atom. The lowest BCUT2D eigenvalue weighted by atomic mass is 9.98. The van der Waals surface area contributed by atoms with E-state index in [1.165, 1.54) is 19.4 Å². The van der Waals surface area contributed by atoms with Crippen molar-refractivity contribution in [2.45, 2.75) is 19.3 Å². The number of nitrogens with zero attached hydrogens (tertiary/aromatic N) is 1. The zero-order chi connectivity index (χ0) is 11.4. The predicted molar refractivity (Wildman–Crippen MR) is 64.2 cm³/mol. The topological polar surface area (TPSA) is 44.4 Å². The van der Waals surface area contributed by atoms with Gasteiger partial charge >= 0.3 is 0 Å². The van der Waals surface area contributed by atoms with Crippen LogP contribution in [0.2, 0.25) is 0 Å². The Morgan fingerprint density at radius 3 is 2.81 bits per heavy atom. The maximum atomic E-state index is 11.5. The first-order valence-electron chi connectivity index (χ1n) is 6.44. The third-order valence-corrected chi connectivity index (χ3v) is 3.86. The summed E-state index contributed by atoms with van der Waals surface area (Å²) in [6.07, 6.45) is 3.62. The number of hydrogen-bond donors (Lipinski definition) is 2. The van der Waals surface area contributed by atoms with Gasteiger partial charge in [0.2, 0.25) is 5.91 Å². The number of nitrogens with one attached hydrogen (secondary N) is 2. The van der Waals surface area contributed by atoms with Crippen LogP contribution in [0.4, 0.5) is 0 Å². The van der Waals surface area contributed by atoms with Crippen LogP contribution in [-0.4, -0.2) is 50.6 Å². The molecule has 2 fully saturated rings. The normalized spacial score (nSPS) is 28.2. The molecule has 4 nitrogen and oxygen atoms in total. The Morgan fingerprint density at radius 2 is 2.12 bits per heavy atom. The van der Waals surface area contributed by atoms with Gasteiger partial charge in [0, 0.05) is 20.1 Å². The second-order valence-electron chi connectivity index (χ2n) is 5.05. The first-order valence-corrected chi connectivity index (χ1v) is 6.44. The van der Waals surface area contributed by atoms with E-state index in [-0.39, 0.29) is 11.8 Å². The summed E-state index contributed by atoms with van der Waals surface area (Å²) in [5, 5.41) is 6.15. The number of amides is 1. The molecule has 0 bridgehead atoms. The van der Waals surface area contributed by atoms with Crippen molar-refractivity contribution in [1.29, 1.82) is 0 Å². The van der Waals surface area contributed by atoms with E-state index in [9.17, 15) is 4.79 Å². The number of carbonyl (C=O) groups is 1. The summed E-state index contributed by atoms with van der Waals surface area (Å²) in [6.45, 7) is 5.58. The van der Waals surface area contributed by atoms with Gasteiger partial charge in [-0.1, -0.05) is 0 Å². The highest BCUT2D eigenvalue weighted by molar-refractivity contribution is 5.78. The van der Waals surface area contributed by atoms with E-state index in [0.29, 0.717) is 0 Å². The Kier molecular flexibility index (Phi) is 4.18. The van der Waals surface area contributed by atoms with Crippen LogP contribution < -0.4 is 10.6 Å². The molecular weight excluding hydrogens is 202 g/mol. The lowest BCUT2D eigenvalue weighted by Crippen LogP contribution is -2.36. The minimum Gasteiger partial charge on any atom is -0.359 e. The van der Waals surface area contributed by atoms with E-state index >= 15 is 0 Å². The molecule has 0 radical (unpaired) electrons. The molecule has 1 atom stereocenters. The molecule has 2 aliphatic heterocycles. The summed E-state index contributed by atoms with van der Waals surface area (Å²) in [6, 6.07) is 0. The molecule has 2 rings (SSSR count). The Labute approximate surface area is 97.8 Å². The quantitative estimate of drug-likeness (QED) is 0.713. The molecule has 0 aromatic carbocycles. The van der Waals surface area contributed by atoms with E-state index in [1.54, 1.807) is 7.05 Å². The average molecular weight is 225 g/mol. The Bertz CT molecular complexity index is 238. The van der Waals surface area contributed by atoms with Crippen molar-refractivity contribution in [2.75, 3.05) is 39.8 Å². The van der Waals surface area contributed by atoms with Gasteiger partial charge < -0.3 is 15.5 Å². The zero-order valence-corrected chi connectivity index (χ0v) is 10.2. The summed E-state index contributed by atoms with van der Waals surface area (Å²) in [4.78, 5) is 14.0. The maximum Gasteiger partial charge on any atom is 0.224 e. The van der Waals surface area contributed by atoms with E-state index in [4.69, 9.17) is 0 Å². The molecular formula is C12H23N3O. The van der Waals surface area contributed by atoms with Crippen LogP contribution in [0.25, 0.3) is 0 Å². The maximum absolute atomic E-state index is 11.5. The molecule has 2 heterocycles. The van der Waals surface area contributed by atoms with E-state index < -0.39 is 0 Å². The summed E-state index contributed by atoms with van der Waals surface area (Å²) < 4.78 is 0. The van der Waals surface area contributed by atoms with Crippen LogP contribution >= 0.6 is 0 Å². The number of likely N-dealkylation sites (tertiary alicyclic amines) is 1. The molecule has 2 saturated heterocycles. The highest BCUT2D eigenvalue weighted by Gasteiger charge is 2.29. The molecule has 92 valence electrons. The highest BCUT2D eigenvalue weighted by Crippen LogP contribution is 2.20. The minimum atomic E-state index is 0.216. The Hall–Kier alpha value is -0.610. The van der Waals surface area contributed by atoms with Gasteiger partial charge in [-0.2, -0.15) is 0 Å². The highest BCUT2D eigenvalue weighted by atomic mass is 16.1. The monoisotopic (exact) mass is 225 g/mol. The van der Waals surface area contributed by atoms with Crippen molar-refractivity contribution in [2.24, 2.45) is 11.8 Å². The summed E-state index contributed by atoms with van der Waals surface area (Å²) in [5.74, 6) is 1.28. The molecule has 16 heavy (non-hydrogen) atoms. The van der Waals surface area contributed by atoms with Gasteiger partial charge in [-0.15, -0.1) is 0 Å². The van der Waals surface area contributed by atoms with Crippen molar-refractivity contribution in [3.63, 3.8) is 0 Å². The fourth-order valence-corrected chi connectivity index (χ4v) is 2.85. The standard InChI is InChI=1S/C12H23N3O/c1-13-12(16)11-4-7-15(9-11)8-10-2-5-14-6-3-10/h10-11,14H,2-9H2,1H3,(H,13,16). The zero-order valence-electron chi connectivity index (χ0n) is 10.2. The average Bonchev–Trinajstić information content (AvgIpc) is 2.78. The van der Waals surface area contributed by atoms with Crippen LogP contribution in [-0.2, 0) is 4.79 Å². The van der Waals surface area contributed by atoms with Gasteiger partial charge in [0.1, 0.15) is 0 Å². The molecule has 2 N–H and O–H groups in total. The van der Waals surface area contributed by atoms with Crippen LogP contribution in [0.5, 0.6) is 0 Å². The van der Waals surface area contributed by atoms with Crippen molar-refractivity contribution in [3.8, 4) is 0 Å². The van der Waals surface area contributed by atoms with E-state index in [2.05, 4.69) is 15.5 Å². The molecule has 0 aliphatic carbocycles. The molecule has 1 amide bonds. The smallest absolute Gasteiger partial charge is 0.224 e. The SMILES string of the molecule is CNC(=O)C1CCN(CC2CCNCC2)C1. The second kappa shape index (κ2) is 5.64. The summed E-state index contributed by atoms with van der Waals surface area (Å²) in [5.41, 5.74) is 0. The fraction of sp³-hybridized carbons (Fsp3) is 0.917. The molecule has 0 aromatic rings. The summed E-state index contributed by atoms with van der Waals surface area (Å²) >= 11 is 0. The minimum absolute atomic E-state index is 0.216. The summed E-state index contributed by atoms with van der Waals surface area (Å²) in [7, 11) is 1.73. The molecule has 2 aliphatic rings. The third-order valence-electron chi connectivity index (χ3n) is 3.86. The largest absolute Gasteiger partial charge is 0.359 e. The number of piperidine rings is 1. The number of rotatable bonds is 3. The van der Waals surface area contributed by atoms with Gasteiger partial charge in [-0.05, 0) is 44.8 Å². The van der Waals surface area contributed by atoms with Crippen LogP contribution in [0, 0.1) is 11.8 Å². The lowest BCUT2D eigenvalue weighted by Gasteiger charge is -2.27. The van der Waals surface area contributed by atoms with Gasteiger partial charge in [0.05, 0.1) is 5.92 Å². The molecule has 4 heteroatoms. The number of carbonyl (C=O) groups excluding carboxylic acids is 1. The van der Waals surface area contributed by atoms with Crippen LogP contribution in [0.3, 0.4) is 0 Å². The van der Waals surface area contributed by atoms with Crippen molar-refractivity contribution in [3.05, 3.63) is 0 Å². The van der Waals surface area contributed by atoms with Gasteiger partial charge in [0.15, 0.2) is 0 Å². The first-order chi connectivity index (χ1) is 7.79. The van der Waals surface area contributed by atoms with Gasteiger partial charge in [-0.3, -0.25) is 4.79 Å². The molecule has 1 unspecified atom stereocenters. The van der Waals surface area contributed by atoms with Crippen molar-refractivity contribution < 1.29 is 4.79 Å². The van der Waals surface area contributed by atoms with Crippen molar-refractivity contribution >= 4 is 5.91 Å². The van der Waals surface area contributed by atoms with Gasteiger partial charge in [-0.25, -0.2) is 0 Å². The predicted octanol–water partition coefficient (Wildman–Crippen LogP) is 0.0539. The molecule has 0 aromatic heterocycles. The third kappa shape index (κ3) is 2.95. The first kappa shape index (κ1) is 11.9. The van der Waals surface area contributed by atoms with Crippen LogP contribution in [0.15, 0.2) is 0 Å².